The van der Waals surface area contributed by atoms with Gasteiger partial charge in [0.15, 0.2) is 5.78 Å². The van der Waals surface area contributed by atoms with Crippen LogP contribution in [0.2, 0.25) is 5.02 Å². The number of halogens is 1. The third-order valence-electron chi connectivity index (χ3n) is 3.02. The van der Waals surface area contributed by atoms with Crippen LogP contribution in [-0.2, 0) is 4.74 Å². The Morgan fingerprint density at radius 3 is 2.52 bits per heavy atom. The number of allylic oxidation sites excluding steroid dienone is 1. The van der Waals surface area contributed by atoms with Crippen LogP contribution in [0.3, 0.4) is 0 Å². The van der Waals surface area contributed by atoms with Crippen molar-refractivity contribution in [1.29, 1.82) is 0 Å². The average molecular weight is 330 g/mol. The van der Waals surface area contributed by atoms with Crippen LogP contribution < -0.4 is 5.32 Å². The molecule has 0 bridgehead atoms. The van der Waals surface area contributed by atoms with E-state index in [9.17, 15) is 9.59 Å². The zero-order valence-electron chi connectivity index (χ0n) is 12.6. The first kappa shape index (κ1) is 16.8. The van der Waals surface area contributed by atoms with Gasteiger partial charge in [-0.25, -0.2) is 4.79 Å². The minimum atomic E-state index is -0.409. The number of benzene rings is 2. The highest BCUT2D eigenvalue weighted by atomic mass is 35.5. The Morgan fingerprint density at radius 2 is 1.83 bits per heavy atom. The van der Waals surface area contributed by atoms with Crippen LogP contribution in [0.4, 0.5) is 5.69 Å². The Kier molecular flexibility index (Phi) is 5.94. The number of hydrogen-bond acceptors (Lipinski definition) is 4. The number of para-hydroxylation sites is 1. The van der Waals surface area contributed by atoms with Crippen molar-refractivity contribution in [2.45, 2.75) is 6.92 Å². The summed E-state index contributed by atoms with van der Waals surface area (Å²) >= 11 is 5.79. The van der Waals surface area contributed by atoms with Crippen LogP contribution in [0.25, 0.3) is 0 Å². The Hall–Kier alpha value is -2.59. The first-order chi connectivity index (χ1) is 11.1. The lowest BCUT2D eigenvalue weighted by Crippen LogP contribution is -2.07. The molecule has 0 radical (unpaired) electrons. The van der Waals surface area contributed by atoms with E-state index in [4.69, 9.17) is 16.3 Å². The van der Waals surface area contributed by atoms with E-state index < -0.39 is 5.97 Å². The predicted molar refractivity (Wildman–Crippen MR) is 90.9 cm³/mol. The van der Waals surface area contributed by atoms with Crippen LogP contribution in [0.15, 0.2) is 60.8 Å². The molecule has 2 aromatic carbocycles. The highest BCUT2D eigenvalue weighted by Crippen LogP contribution is 2.16. The van der Waals surface area contributed by atoms with Crippen LogP contribution in [-0.4, -0.2) is 18.4 Å². The van der Waals surface area contributed by atoms with Crippen molar-refractivity contribution in [2.24, 2.45) is 0 Å². The van der Waals surface area contributed by atoms with Gasteiger partial charge in [0.25, 0.3) is 0 Å². The number of esters is 1. The molecule has 0 aliphatic carbocycles. The van der Waals surface area contributed by atoms with Crippen molar-refractivity contribution >= 4 is 29.0 Å². The predicted octanol–water partition coefficient (Wildman–Crippen LogP) is 4.33. The minimum Gasteiger partial charge on any atom is -0.462 e. The summed E-state index contributed by atoms with van der Waals surface area (Å²) in [5.41, 5.74) is 1.52. The summed E-state index contributed by atoms with van der Waals surface area (Å²) in [7, 11) is 0. The van der Waals surface area contributed by atoms with E-state index in [1.54, 1.807) is 55.5 Å². The van der Waals surface area contributed by atoms with Gasteiger partial charge >= 0.3 is 5.97 Å². The molecule has 5 heteroatoms. The van der Waals surface area contributed by atoms with Crippen LogP contribution >= 0.6 is 11.6 Å². The number of ketones is 1. The van der Waals surface area contributed by atoms with Crippen molar-refractivity contribution < 1.29 is 14.3 Å². The largest absolute Gasteiger partial charge is 0.462 e. The van der Waals surface area contributed by atoms with Gasteiger partial charge in [-0.15, -0.1) is 0 Å². The van der Waals surface area contributed by atoms with Crippen molar-refractivity contribution in [2.75, 3.05) is 11.9 Å². The molecule has 23 heavy (non-hydrogen) atoms. The standard InChI is InChI=1S/C18H16ClNO3/c1-2-23-18(22)15-5-3-4-6-16(15)20-12-11-17(21)13-7-9-14(19)10-8-13/h3-12,20H,2H2,1H3/b12-11+. The number of rotatable bonds is 6. The summed E-state index contributed by atoms with van der Waals surface area (Å²) in [5.74, 6) is -0.573. The van der Waals surface area contributed by atoms with Crippen molar-refractivity contribution in [3.63, 3.8) is 0 Å². The number of anilines is 1. The Balaban J connectivity index is 2.07. The molecule has 0 fully saturated rings. The molecule has 0 saturated carbocycles. The lowest BCUT2D eigenvalue weighted by atomic mass is 10.1. The van der Waals surface area contributed by atoms with Gasteiger partial charge in [0.2, 0.25) is 0 Å². The van der Waals surface area contributed by atoms with E-state index >= 15 is 0 Å². The summed E-state index contributed by atoms with van der Waals surface area (Å²) in [4.78, 5) is 23.9. The van der Waals surface area contributed by atoms with Gasteiger partial charge in [-0.3, -0.25) is 4.79 Å². The van der Waals surface area contributed by atoms with E-state index in [-0.39, 0.29) is 5.78 Å². The topological polar surface area (TPSA) is 55.4 Å². The van der Waals surface area contributed by atoms with E-state index in [2.05, 4.69) is 5.32 Å². The molecule has 0 amide bonds. The average Bonchev–Trinajstić information content (AvgIpc) is 2.56. The number of carbonyl (C=O) groups excluding carboxylic acids is 2. The fourth-order valence-electron chi connectivity index (χ4n) is 1.91. The molecule has 0 saturated heterocycles. The molecular weight excluding hydrogens is 314 g/mol. The molecule has 4 nitrogen and oxygen atoms in total. The lowest BCUT2D eigenvalue weighted by Gasteiger charge is -2.08. The van der Waals surface area contributed by atoms with Crippen molar-refractivity contribution in [3.05, 3.63) is 77.0 Å². The highest BCUT2D eigenvalue weighted by molar-refractivity contribution is 6.30. The third-order valence-corrected chi connectivity index (χ3v) is 3.28. The molecule has 118 valence electrons. The molecular formula is C18H16ClNO3. The second-order valence-corrected chi connectivity index (χ2v) is 5.05. The maximum absolute atomic E-state index is 12.0. The second kappa shape index (κ2) is 8.15. The molecule has 0 spiro atoms. The smallest absolute Gasteiger partial charge is 0.340 e. The highest BCUT2D eigenvalue weighted by Gasteiger charge is 2.10. The summed E-state index contributed by atoms with van der Waals surface area (Å²) in [6.07, 6.45) is 2.89. The lowest BCUT2D eigenvalue weighted by molar-refractivity contribution is 0.0527. The molecule has 0 aromatic heterocycles. The van der Waals surface area contributed by atoms with Crippen molar-refractivity contribution in [3.8, 4) is 0 Å². The third kappa shape index (κ3) is 4.69. The monoisotopic (exact) mass is 329 g/mol. The summed E-state index contributed by atoms with van der Waals surface area (Å²) in [5, 5.41) is 3.51. The first-order valence-corrected chi connectivity index (χ1v) is 7.48. The zero-order valence-corrected chi connectivity index (χ0v) is 13.3. The quantitative estimate of drug-likeness (QED) is 0.487. The van der Waals surface area contributed by atoms with Crippen LogP contribution in [0, 0.1) is 0 Å². The van der Waals surface area contributed by atoms with Gasteiger partial charge in [-0.1, -0.05) is 23.7 Å². The normalized spacial score (nSPS) is 10.5. The molecule has 2 aromatic rings. The van der Waals surface area contributed by atoms with Crippen LogP contribution in [0.5, 0.6) is 0 Å². The Bertz CT molecular complexity index is 723. The number of nitrogens with one attached hydrogen (secondary N) is 1. The van der Waals surface area contributed by atoms with Gasteiger partial charge in [-0.2, -0.15) is 0 Å². The van der Waals surface area contributed by atoms with Gasteiger partial charge in [0.05, 0.1) is 17.9 Å². The molecule has 0 atom stereocenters. The maximum Gasteiger partial charge on any atom is 0.340 e. The number of hydrogen-bond donors (Lipinski definition) is 1. The summed E-state index contributed by atoms with van der Waals surface area (Å²) in [6, 6.07) is 13.6. The fourth-order valence-corrected chi connectivity index (χ4v) is 2.04. The first-order valence-electron chi connectivity index (χ1n) is 7.11. The maximum atomic E-state index is 12.0. The summed E-state index contributed by atoms with van der Waals surface area (Å²) < 4.78 is 4.99. The van der Waals surface area contributed by atoms with Gasteiger partial charge in [0, 0.05) is 22.9 Å². The van der Waals surface area contributed by atoms with E-state index in [1.807, 2.05) is 0 Å². The second-order valence-electron chi connectivity index (χ2n) is 4.61. The Labute approximate surface area is 139 Å². The van der Waals surface area contributed by atoms with Gasteiger partial charge in [0.1, 0.15) is 0 Å². The molecule has 1 N–H and O–H groups in total. The fraction of sp³-hybridized carbons (Fsp3) is 0.111. The van der Waals surface area contributed by atoms with E-state index in [0.29, 0.717) is 28.4 Å². The van der Waals surface area contributed by atoms with Gasteiger partial charge < -0.3 is 10.1 Å². The zero-order chi connectivity index (χ0) is 16.7. The Morgan fingerprint density at radius 1 is 1.13 bits per heavy atom. The van der Waals surface area contributed by atoms with Crippen LogP contribution in [0.1, 0.15) is 27.6 Å². The number of carbonyl (C=O) groups is 2. The summed E-state index contributed by atoms with van der Waals surface area (Å²) in [6.45, 7) is 2.05. The molecule has 0 heterocycles. The molecule has 0 aliphatic rings. The molecule has 2 rings (SSSR count). The van der Waals surface area contributed by atoms with Gasteiger partial charge in [-0.05, 0) is 43.3 Å². The molecule has 0 aliphatic heterocycles. The number of ether oxygens (including phenoxy) is 1. The SMILES string of the molecule is CCOC(=O)c1ccccc1N/C=C/C(=O)c1ccc(Cl)cc1. The van der Waals surface area contributed by atoms with E-state index in [0.717, 1.165) is 0 Å². The van der Waals surface area contributed by atoms with Crippen molar-refractivity contribution in [1.82, 2.24) is 0 Å². The van der Waals surface area contributed by atoms with E-state index in [1.165, 1.54) is 12.3 Å². The minimum absolute atomic E-state index is 0.164. The molecule has 0 unspecified atom stereocenters.